The number of aromatic nitrogens is 2. The van der Waals surface area contributed by atoms with E-state index in [2.05, 4.69) is 26.1 Å². The molecule has 1 heterocycles. The maximum atomic E-state index is 8.69. The van der Waals surface area contributed by atoms with Crippen molar-refractivity contribution < 1.29 is 4.52 Å². The zero-order valence-corrected chi connectivity index (χ0v) is 8.52. The maximum Gasteiger partial charge on any atom is 0.258 e. The van der Waals surface area contributed by atoms with Gasteiger partial charge in [-0.3, -0.25) is 0 Å². The molecule has 0 radical (unpaired) electrons. The molecule has 0 unspecified atom stereocenters. The fraction of sp³-hybridized carbons (Fsp3) is 0. The van der Waals surface area contributed by atoms with E-state index in [0.29, 0.717) is 16.2 Å². The van der Waals surface area contributed by atoms with Crippen molar-refractivity contribution in [2.45, 2.75) is 0 Å². The van der Waals surface area contributed by atoms with E-state index in [9.17, 15) is 0 Å². The molecule has 5 heteroatoms. The number of benzene rings is 1. The van der Waals surface area contributed by atoms with Gasteiger partial charge in [0.2, 0.25) is 4.73 Å². The van der Waals surface area contributed by atoms with Crippen LogP contribution in [0, 0.1) is 11.3 Å². The second kappa shape index (κ2) is 3.60. The third kappa shape index (κ3) is 1.65. The Balaban J connectivity index is 2.47. The maximum absolute atomic E-state index is 8.69. The molecular formula is C9H4BrN3O. The normalized spacial score (nSPS) is 9.71. The van der Waals surface area contributed by atoms with Crippen molar-refractivity contribution in [2.24, 2.45) is 0 Å². The summed E-state index contributed by atoms with van der Waals surface area (Å²) in [6.45, 7) is 0. The molecule has 0 fully saturated rings. The van der Waals surface area contributed by atoms with E-state index < -0.39 is 0 Å². The average Bonchev–Trinajstić information content (AvgIpc) is 2.65. The van der Waals surface area contributed by atoms with Gasteiger partial charge < -0.3 is 4.52 Å². The lowest BCUT2D eigenvalue weighted by atomic mass is 10.1. The van der Waals surface area contributed by atoms with Crippen LogP contribution in [0.3, 0.4) is 0 Å². The van der Waals surface area contributed by atoms with E-state index in [1.165, 1.54) is 0 Å². The Morgan fingerprint density at radius 3 is 2.93 bits per heavy atom. The smallest absolute Gasteiger partial charge is 0.258 e. The second-order valence-corrected chi connectivity index (χ2v) is 3.27. The molecule has 1 aromatic heterocycles. The largest absolute Gasteiger partial charge is 0.333 e. The molecule has 2 aromatic rings. The van der Waals surface area contributed by atoms with Gasteiger partial charge in [-0.05, 0) is 39.3 Å². The molecule has 0 atom stereocenters. The van der Waals surface area contributed by atoms with Gasteiger partial charge in [0.25, 0.3) is 5.89 Å². The van der Waals surface area contributed by atoms with Crippen LogP contribution in [0.1, 0.15) is 5.56 Å². The number of nitrogens with zero attached hydrogens (tertiary/aromatic N) is 3. The minimum Gasteiger partial charge on any atom is -0.333 e. The zero-order valence-electron chi connectivity index (χ0n) is 6.94. The van der Waals surface area contributed by atoms with Crippen LogP contribution in [-0.2, 0) is 0 Å². The summed E-state index contributed by atoms with van der Waals surface area (Å²) < 4.78 is 5.33. The predicted molar refractivity (Wildman–Crippen MR) is 52.1 cm³/mol. The molecule has 0 spiro atoms. The van der Waals surface area contributed by atoms with E-state index >= 15 is 0 Å². The SMILES string of the molecule is N#Cc1cccc(-c2nc(Br)no2)c1. The van der Waals surface area contributed by atoms with Gasteiger partial charge in [-0.2, -0.15) is 10.2 Å². The monoisotopic (exact) mass is 249 g/mol. The quantitative estimate of drug-likeness (QED) is 0.779. The highest BCUT2D eigenvalue weighted by Gasteiger charge is 2.06. The van der Waals surface area contributed by atoms with Gasteiger partial charge in [0.1, 0.15) is 0 Å². The van der Waals surface area contributed by atoms with Gasteiger partial charge in [-0.1, -0.05) is 6.07 Å². The first-order valence-corrected chi connectivity index (χ1v) is 4.58. The first kappa shape index (κ1) is 8.91. The molecule has 4 nitrogen and oxygen atoms in total. The Bertz CT molecular complexity index is 501. The fourth-order valence-corrected chi connectivity index (χ4v) is 1.28. The lowest BCUT2D eigenvalue weighted by Gasteiger charge is -1.92. The van der Waals surface area contributed by atoms with Crippen molar-refractivity contribution >= 4 is 15.9 Å². The number of rotatable bonds is 1. The second-order valence-electron chi connectivity index (χ2n) is 2.56. The van der Waals surface area contributed by atoms with Crippen molar-refractivity contribution in [3.63, 3.8) is 0 Å². The highest BCUT2D eigenvalue weighted by molar-refractivity contribution is 9.10. The molecule has 68 valence electrons. The Kier molecular flexibility index (Phi) is 2.29. The van der Waals surface area contributed by atoms with Crippen LogP contribution >= 0.6 is 15.9 Å². The summed E-state index contributed by atoms with van der Waals surface area (Å²) in [6.07, 6.45) is 0. The molecule has 0 saturated heterocycles. The zero-order chi connectivity index (χ0) is 9.97. The molecule has 0 aliphatic heterocycles. The molecule has 0 N–H and O–H groups in total. The van der Waals surface area contributed by atoms with Crippen LogP contribution in [0.15, 0.2) is 33.5 Å². The van der Waals surface area contributed by atoms with Gasteiger partial charge >= 0.3 is 0 Å². The molecular weight excluding hydrogens is 246 g/mol. The van der Waals surface area contributed by atoms with Gasteiger partial charge in [0, 0.05) is 5.56 Å². The Morgan fingerprint density at radius 2 is 2.29 bits per heavy atom. The minimum absolute atomic E-state index is 0.397. The first-order valence-electron chi connectivity index (χ1n) is 3.79. The van der Waals surface area contributed by atoms with Crippen LogP contribution in [0.5, 0.6) is 0 Å². The molecule has 0 amide bonds. The molecule has 0 saturated carbocycles. The van der Waals surface area contributed by atoms with E-state index in [4.69, 9.17) is 9.78 Å². The Morgan fingerprint density at radius 1 is 1.43 bits per heavy atom. The van der Waals surface area contributed by atoms with Crippen LogP contribution < -0.4 is 0 Å². The van der Waals surface area contributed by atoms with Crippen molar-refractivity contribution in [2.75, 3.05) is 0 Å². The third-order valence-electron chi connectivity index (χ3n) is 1.64. The van der Waals surface area contributed by atoms with Crippen molar-refractivity contribution in [1.29, 1.82) is 5.26 Å². The molecule has 2 rings (SSSR count). The van der Waals surface area contributed by atoms with Gasteiger partial charge in [-0.25, -0.2) is 0 Å². The average molecular weight is 250 g/mol. The van der Waals surface area contributed by atoms with E-state index in [1.54, 1.807) is 24.3 Å². The molecule has 14 heavy (non-hydrogen) atoms. The number of halogens is 1. The van der Waals surface area contributed by atoms with E-state index in [1.807, 2.05) is 6.07 Å². The summed E-state index contributed by atoms with van der Waals surface area (Å²) in [7, 11) is 0. The topological polar surface area (TPSA) is 62.7 Å². The van der Waals surface area contributed by atoms with Crippen LogP contribution in [0.25, 0.3) is 11.5 Å². The predicted octanol–water partition coefficient (Wildman–Crippen LogP) is 2.37. The molecule has 1 aromatic carbocycles. The standard InChI is InChI=1S/C9H4BrN3O/c10-9-12-8(14-13-9)7-3-1-2-6(4-7)5-11/h1-4H. The minimum atomic E-state index is 0.397. The third-order valence-corrected chi connectivity index (χ3v) is 1.96. The van der Waals surface area contributed by atoms with E-state index in [0.717, 1.165) is 5.56 Å². The van der Waals surface area contributed by atoms with Crippen molar-refractivity contribution in [3.8, 4) is 17.5 Å². The van der Waals surface area contributed by atoms with Gasteiger partial charge in [0.15, 0.2) is 0 Å². The summed E-state index contributed by atoms with van der Waals surface area (Å²) in [6, 6.07) is 9.03. The van der Waals surface area contributed by atoms with Crippen LogP contribution in [0.2, 0.25) is 0 Å². The van der Waals surface area contributed by atoms with E-state index in [-0.39, 0.29) is 0 Å². The number of nitriles is 1. The number of hydrogen-bond donors (Lipinski definition) is 0. The lowest BCUT2D eigenvalue weighted by molar-refractivity contribution is 0.426. The summed E-state index contributed by atoms with van der Waals surface area (Å²) in [5, 5.41) is 12.3. The van der Waals surface area contributed by atoms with Crippen molar-refractivity contribution in [1.82, 2.24) is 10.1 Å². The molecule has 0 bridgehead atoms. The highest BCUT2D eigenvalue weighted by atomic mass is 79.9. The fourth-order valence-electron chi connectivity index (χ4n) is 1.04. The summed E-state index contributed by atoms with van der Waals surface area (Å²) in [4.78, 5) is 3.99. The Labute approximate surface area is 88.3 Å². The van der Waals surface area contributed by atoms with Crippen LogP contribution in [-0.4, -0.2) is 10.1 Å². The molecule has 0 aliphatic rings. The summed E-state index contributed by atoms with van der Waals surface area (Å²) in [5.74, 6) is 0.397. The first-order chi connectivity index (χ1) is 6.79. The highest BCUT2D eigenvalue weighted by Crippen LogP contribution is 2.19. The number of hydrogen-bond acceptors (Lipinski definition) is 4. The van der Waals surface area contributed by atoms with Crippen molar-refractivity contribution in [3.05, 3.63) is 34.6 Å². The summed E-state index contributed by atoms with van der Waals surface area (Å²) >= 11 is 3.08. The van der Waals surface area contributed by atoms with Crippen LogP contribution in [0.4, 0.5) is 0 Å². The summed E-state index contributed by atoms with van der Waals surface area (Å²) in [5.41, 5.74) is 1.30. The lowest BCUT2D eigenvalue weighted by Crippen LogP contribution is -1.79. The van der Waals surface area contributed by atoms with Gasteiger partial charge in [-0.15, -0.1) is 0 Å². The van der Waals surface area contributed by atoms with Gasteiger partial charge in [0.05, 0.1) is 11.6 Å². The molecule has 0 aliphatic carbocycles. The Hall–Kier alpha value is -1.67.